The molecular formula is C16H23NO. The summed E-state index contributed by atoms with van der Waals surface area (Å²) in [6.45, 7) is 4.25. The van der Waals surface area contributed by atoms with E-state index in [0.717, 1.165) is 17.4 Å². The van der Waals surface area contributed by atoms with E-state index in [4.69, 9.17) is 0 Å². The van der Waals surface area contributed by atoms with Gasteiger partial charge >= 0.3 is 0 Å². The van der Waals surface area contributed by atoms with Crippen LogP contribution in [0.3, 0.4) is 0 Å². The van der Waals surface area contributed by atoms with E-state index in [1.54, 1.807) is 0 Å². The number of nitrogens with one attached hydrogen (secondary N) is 1. The van der Waals surface area contributed by atoms with E-state index < -0.39 is 0 Å². The first kappa shape index (κ1) is 12.0. The Hall–Kier alpha value is -1.02. The third-order valence-corrected chi connectivity index (χ3v) is 4.35. The van der Waals surface area contributed by atoms with Gasteiger partial charge in [-0.1, -0.05) is 17.7 Å². The average Bonchev–Trinajstić information content (AvgIpc) is 3.21. The van der Waals surface area contributed by atoms with E-state index in [1.165, 1.54) is 31.2 Å². The van der Waals surface area contributed by atoms with Crippen molar-refractivity contribution in [2.45, 2.75) is 51.6 Å². The maximum absolute atomic E-state index is 9.99. The van der Waals surface area contributed by atoms with Crippen LogP contribution in [0.1, 0.15) is 49.8 Å². The van der Waals surface area contributed by atoms with Crippen LogP contribution in [0, 0.1) is 18.8 Å². The zero-order chi connectivity index (χ0) is 12.7. The second-order valence-electron chi connectivity index (χ2n) is 6.15. The largest absolute Gasteiger partial charge is 0.508 e. The lowest BCUT2D eigenvalue weighted by atomic mass is 10.0. The summed E-state index contributed by atoms with van der Waals surface area (Å²) in [6.07, 6.45) is 5.56. The van der Waals surface area contributed by atoms with Gasteiger partial charge in [0.1, 0.15) is 5.75 Å². The third kappa shape index (κ3) is 2.54. The fraction of sp³-hybridized carbons (Fsp3) is 0.625. The van der Waals surface area contributed by atoms with Gasteiger partial charge in [-0.3, -0.25) is 0 Å². The second-order valence-corrected chi connectivity index (χ2v) is 6.15. The highest BCUT2D eigenvalue weighted by molar-refractivity contribution is 5.37. The number of hydrogen-bond donors (Lipinski definition) is 2. The van der Waals surface area contributed by atoms with Gasteiger partial charge < -0.3 is 10.4 Å². The standard InChI is InChI=1S/C16H23NO/c1-10-3-8-15(18)14(9-10)11(2)17-16(12-4-5-12)13-6-7-13/h3,8-9,11-13,16-18H,4-7H2,1-2H3. The lowest BCUT2D eigenvalue weighted by Crippen LogP contribution is -2.35. The van der Waals surface area contributed by atoms with Crippen LogP contribution in [-0.2, 0) is 0 Å². The first-order chi connectivity index (χ1) is 8.65. The van der Waals surface area contributed by atoms with E-state index >= 15 is 0 Å². The van der Waals surface area contributed by atoms with Gasteiger partial charge in [-0.15, -0.1) is 0 Å². The van der Waals surface area contributed by atoms with Gasteiger partial charge in [0.05, 0.1) is 0 Å². The molecule has 2 aliphatic carbocycles. The molecule has 0 bridgehead atoms. The molecule has 0 heterocycles. The van der Waals surface area contributed by atoms with Gasteiger partial charge in [0.15, 0.2) is 0 Å². The minimum Gasteiger partial charge on any atom is -0.508 e. The number of rotatable bonds is 5. The summed E-state index contributed by atoms with van der Waals surface area (Å²) in [5, 5.41) is 13.8. The van der Waals surface area contributed by atoms with Crippen LogP contribution in [0.4, 0.5) is 0 Å². The molecule has 2 heteroatoms. The summed E-state index contributed by atoms with van der Waals surface area (Å²) in [4.78, 5) is 0. The SMILES string of the molecule is Cc1ccc(O)c(C(C)NC(C2CC2)C2CC2)c1. The molecule has 2 N–H and O–H groups in total. The van der Waals surface area contributed by atoms with Crippen LogP contribution in [0.5, 0.6) is 5.75 Å². The molecule has 1 aromatic rings. The van der Waals surface area contributed by atoms with Crippen molar-refractivity contribution in [3.8, 4) is 5.75 Å². The Morgan fingerprint density at radius 2 is 1.78 bits per heavy atom. The molecule has 1 atom stereocenters. The van der Waals surface area contributed by atoms with Crippen LogP contribution in [0.2, 0.25) is 0 Å². The number of aromatic hydroxyl groups is 1. The summed E-state index contributed by atoms with van der Waals surface area (Å²) in [7, 11) is 0. The number of hydrogen-bond acceptors (Lipinski definition) is 2. The topological polar surface area (TPSA) is 32.3 Å². The Morgan fingerprint density at radius 3 is 2.33 bits per heavy atom. The average molecular weight is 245 g/mol. The smallest absolute Gasteiger partial charge is 0.120 e. The molecule has 1 aromatic carbocycles. The molecule has 0 aliphatic heterocycles. The Bertz CT molecular complexity index is 423. The first-order valence-corrected chi connectivity index (χ1v) is 7.20. The summed E-state index contributed by atoms with van der Waals surface area (Å²) < 4.78 is 0. The molecule has 0 radical (unpaired) electrons. The van der Waals surface area contributed by atoms with Crippen molar-refractivity contribution < 1.29 is 5.11 Å². The Labute approximate surface area is 109 Å². The molecule has 0 spiro atoms. The Balaban J connectivity index is 1.72. The van der Waals surface area contributed by atoms with Gasteiger partial charge in [0.2, 0.25) is 0 Å². The molecule has 1 unspecified atom stereocenters. The van der Waals surface area contributed by atoms with Crippen molar-refractivity contribution >= 4 is 0 Å². The number of benzene rings is 1. The zero-order valence-corrected chi connectivity index (χ0v) is 11.3. The van der Waals surface area contributed by atoms with Crippen molar-refractivity contribution in [2.75, 3.05) is 0 Å². The predicted molar refractivity (Wildman–Crippen MR) is 73.6 cm³/mol. The van der Waals surface area contributed by atoms with Crippen LogP contribution < -0.4 is 5.32 Å². The highest BCUT2D eigenvalue weighted by atomic mass is 16.3. The van der Waals surface area contributed by atoms with Gasteiger partial charge in [-0.2, -0.15) is 0 Å². The first-order valence-electron chi connectivity index (χ1n) is 7.20. The third-order valence-electron chi connectivity index (χ3n) is 4.35. The molecule has 0 amide bonds. The normalized spacial score (nSPS) is 21.3. The number of phenols is 1. The molecule has 3 rings (SSSR count). The monoisotopic (exact) mass is 245 g/mol. The maximum atomic E-state index is 9.99. The van der Waals surface area contributed by atoms with Gasteiger partial charge in [-0.25, -0.2) is 0 Å². The molecule has 2 aliphatic rings. The molecule has 2 fully saturated rings. The molecule has 2 saturated carbocycles. The Morgan fingerprint density at radius 1 is 1.17 bits per heavy atom. The zero-order valence-electron chi connectivity index (χ0n) is 11.3. The van der Waals surface area contributed by atoms with Crippen LogP contribution >= 0.6 is 0 Å². The van der Waals surface area contributed by atoms with Crippen LogP contribution in [0.25, 0.3) is 0 Å². The molecular weight excluding hydrogens is 222 g/mol. The van der Waals surface area contributed by atoms with Crippen molar-refractivity contribution in [3.63, 3.8) is 0 Å². The molecule has 18 heavy (non-hydrogen) atoms. The van der Waals surface area contributed by atoms with E-state index in [1.807, 2.05) is 12.1 Å². The molecule has 0 saturated heterocycles. The van der Waals surface area contributed by atoms with Gasteiger partial charge in [0, 0.05) is 17.6 Å². The van der Waals surface area contributed by atoms with Crippen molar-refractivity contribution in [1.82, 2.24) is 5.32 Å². The van der Waals surface area contributed by atoms with E-state index in [2.05, 4.69) is 25.2 Å². The van der Waals surface area contributed by atoms with E-state index in [9.17, 15) is 5.11 Å². The molecule has 98 valence electrons. The summed E-state index contributed by atoms with van der Waals surface area (Å²) >= 11 is 0. The van der Waals surface area contributed by atoms with Crippen LogP contribution in [-0.4, -0.2) is 11.1 Å². The van der Waals surface area contributed by atoms with Crippen molar-refractivity contribution in [3.05, 3.63) is 29.3 Å². The van der Waals surface area contributed by atoms with Gasteiger partial charge in [0.25, 0.3) is 0 Å². The fourth-order valence-electron chi connectivity index (χ4n) is 2.97. The van der Waals surface area contributed by atoms with Gasteiger partial charge in [-0.05, 0) is 57.4 Å². The highest BCUT2D eigenvalue weighted by Crippen LogP contribution is 2.45. The summed E-state index contributed by atoms with van der Waals surface area (Å²) in [6, 6.07) is 6.80. The quantitative estimate of drug-likeness (QED) is 0.831. The highest BCUT2D eigenvalue weighted by Gasteiger charge is 2.41. The molecule has 2 nitrogen and oxygen atoms in total. The minimum atomic E-state index is 0.246. The number of aryl methyl sites for hydroxylation is 1. The Kier molecular flexibility index (Phi) is 3.06. The van der Waals surface area contributed by atoms with E-state index in [-0.39, 0.29) is 6.04 Å². The van der Waals surface area contributed by atoms with Crippen molar-refractivity contribution in [1.29, 1.82) is 0 Å². The minimum absolute atomic E-state index is 0.246. The number of phenolic OH excluding ortho intramolecular Hbond substituents is 1. The summed E-state index contributed by atoms with van der Waals surface area (Å²) in [5.41, 5.74) is 2.26. The van der Waals surface area contributed by atoms with E-state index in [0.29, 0.717) is 11.8 Å². The molecule has 0 aromatic heterocycles. The van der Waals surface area contributed by atoms with Crippen LogP contribution in [0.15, 0.2) is 18.2 Å². The lowest BCUT2D eigenvalue weighted by molar-refractivity contribution is 0.368. The lowest BCUT2D eigenvalue weighted by Gasteiger charge is -2.24. The summed E-state index contributed by atoms with van der Waals surface area (Å²) in [5.74, 6) is 2.21. The second kappa shape index (κ2) is 4.58. The fourth-order valence-corrected chi connectivity index (χ4v) is 2.97. The maximum Gasteiger partial charge on any atom is 0.120 e. The predicted octanol–water partition coefficient (Wildman–Crippen LogP) is 3.54. The van der Waals surface area contributed by atoms with Crippen molar-refractivity contribution in [2.24, 2.45) is 11.8 Å².